The Morgan fingerprint density at radius 1 is 1.26 bits per heavy atom. The van der Waals surface area contributed by atoms with E-state index in [2.05, 4.69) is 39.2 Å². The zero-order valence-corrected chi connectivity index (χ0v) is 19.5. The summed E-state index contributed by atoms with van der Waals surface area (Å²) >= 11 is 6.09. The summed E-state index contributed by atoms with van der Waals surface area (Å²) in [4.78, 5) is 9.43. The summed E-state index contributed by atoms with van der Waals surface area (Å²) in [5.41, 5.74) is 1.28. The molecule has 1 N–H and O–H groups in total. The van der Waals surface area contributed by atoms with E-state index in [1.807, 2.05) is 19.2 Å². The summed E-state index contributed by atoms with van der Waals surface area (Å²) in [6, 6.07) is 8.51. The molecule has 0 saturated carbocycles. The van der Waals surface area contributed by atoms with E-state index in [1.165, 1.54) is 18.4 Å². The van der Waals surface area contributed by atoms with Crippen LogP contribution in [0.2, 0.25) is 5.02 Å². The third-order valence-electron chi connectivity index (χ3n) is 5.36. The van der Waals surface area contributed by atoms with Gasteiger partial charge in [-0.2, -0.15) is 0 Å². The molecule has 2 aliphatic heterocycles. The Morgan fingerprint density at radius 2 is 1.96 bits per heavy atom. The number of piperidine rings is 1. The van der Waals surface area contributed by atoms with Crippen LogP contribution in [0.5, 0.6) is 0 Å². The molecule has 2 unspecified atom stereocenters. The maximum Gasteiger partial charge on any atom is 0.193 e. The largest absolute Gasteiger partial charge is 0.379 e. The number of guanidine groups is 1. The van der Waals surface area contributed by atoms with Crippen molar-refractivity contribution in [3.05, 3.63) is 34.9 Å². The first kappa shape index (κ1) is 22.7. The minimum atomic E-state index is 0. The highest BCUT2D eigenvalue weighted by atomic mass is 127. The molecular formula is C20H32ClIN4O. The van der Waals surface area contributed by atoms with Gasteiger partial charge >= 0.3 is 0 Å². The van der Waals surface area contributed by atoms with Crippen LogP contribution in [0.4, 0.5) is 0 Å². The van der Waals surface area contributed by atoms with Crippen molar-refractivity contribution in [1.82, 2.24) is 15.1 Å². The number of hydrogen-bond donors (Lipinski definition) is 1. The first-order valence-electron chi connectivity index (χ1n) is 9.70. The van der Waals surface area contributed by atoms with E-state index in [0.717, 1.165) is 62.8 Å². The molecule has 2 heterocycles. The Morgan fingerprint density at radius 3 is 2.59 bits per heavy atom. The number of ether oxygens (including phenoxy) is 1. The summed E-state index contributed by atoms with van der Waals surface area (Å²) < 4.78 is 5.54. The Hall–Kier alpha value is -0.570. The fourth-order valence-electron chi connectivity index (χ4n) is 3.93. The molecule has 0 aromatic heterocycles. The standard InChI is InChI=1S/C20H31ClN4O.HI/c1-16-4-3-9-25(15-16)20(22-2)23-14-19(24-10-12-26-13-11-24)17-5-7-18(21)8-6-17;/h5-8,16,19H,3-4,9-15H2,1-2H3,(H,22,23);1H. The van der Waals surface area contributed by atoms with E-state index in [4.69, 9.17) is 16.3 Å². The fourth-order valence-corrected chi connectivity index (χ4v) is 4.06. The molecule has 1 aromatic rings. The molecule has 2 aliphatic rings. The van der Waals surface area contributed by atoms with Crippen molar-refractivity contribution in [3.8, 4) is 0 Å². The number of aliphatic imine (C=N–C) groups is 1. The van der Waals surface area contributed by atoms with Crippen LogP contribution in [0.15, 0.2) is 29.3 Å². The Kier molecular flexibility index (Phi) is 9.62. The van der Waals surface area contributed by atoms with E-state index in [-0.39, 0.29) is 30.0 Å². The molecule has 0 aliphatic carbocycles. The van der Waals surface area contributed by atoms with Crippen molar-refractivity contribution in [3.63, 3.8) is 0 Å². The second-order valence-corrected chi connectivity index (χ2v) is 7.77. The SMILES string of the molecule is CN=C(NCC(c1ccc(Cl)cc1)N1CCOCC1)N1CCCC(C)C1.I. The maximum atomic E-state index is 6.09. The summed E-state index contributed by atoms with van der Waals surface area (Å²) in [6.45, 7) is 8.83. The fraction of sp³-hybridized carbons (Fsp3) is 0.650. The summed E-state index contributed by atoms with van der Waals surface area (Å²) in [5.74, 6) is 1.75. The lowest BCUT2D eigenvalue weighted by molar-refractivity contribution is 0.0168. The van der Waals surface area contributed by atoms with Gasteiger partial charge in [-0.1, -0.05) is 30.7 Å². The van der Waals surface area contributed by atoms with Gasteiger partial charge in [0.15, 0.2) is 5.96 Å². The minimum absolute atomic E-state index is 0. The molecule has 2 atom stereocenters. The lowest BCUT2D eigenvalue weighted by Gasteiger charge is -2.37. The van der Waals surface area contributed by atoms with E-state index in [0.29, 0.717) is 0 Å². The van der Waals surface area contributed by atoms with Crippen molar-refractivity contribution in [2.45, 2.75) is 25.8 Å². The highest BCUT2D eigenvalue weighted by Crippen LogP contribution is 2.23. The van der Waals surface area contributed by atoms with Crippen LogP contribution in [0, 0.1) is 5.92 Å². The second-order valence-electron chi connectivity index (χ2n) is 7.34. The molecule has 3 rings (SSSR count). The number of nitrogens with zero attached hydrogens (tertiary/aromatic N) is 3. The molecular weight excluding hydrogens is 475 g/mol. The Bertz CT molecular complexity index is 592. The van der Waals surface area contributed by atoms with E-state index < -0.39 is 0 Å². The van der Waals surface area contributed by atoms with Gasteiger partial charge in [0.2, 0.25) is 0 Å². The maximum absolute atomic E-state index is 6.09. The zero-order chi connectivity index (χ0) is 18.4. The van der Waals surface area contributed by atoms with Gasteiger partial charge in [0.05, 0.1) is 19.3 Å². The van der Waals surface area contributed by atoms with E-state index in [9.17, 15) is 0 Å². The lowest BCUT2D eigenvalue weighted by atomic mass is 10.0. The van der Waals surface area contributed by atoms with Crippen LogP contribution in [0.3, 0.4) is 0 Å². The van der Waals surface area contributed by atoms with Crippen molar-refractivity contribution >= 4 is 41.5 Å². The van der Waals surface area contributed by atoms with E-state index in [1.54, 1.807) is 0 Å². The van der Waals surface area contributed by atoms with Crippen LogP contribution in [-0.2, 0) is 4.74 Å². The number of rotatable bonds is 4. The van der Waals surface area contributed by atoms with Gasteiger partial charge in [-0.05, 0) is 36.5 Å². The lowest BCUT2D eigenvalue weighted by Crippen LogP contribution is -2.49. The molecule has 0 amide bonds. The second kappa shape index (κ2) is 11.4. The Labute approximate surface area is 185 Å². The predicted molar refractivity (Wildman–Crippen MR) is 123 cm³/mol. The summed E-state index contributed by atoms with van der Waals surface area (Å²) in [7, 11) is 1.88. The molecule has 1 aromatic carbocycles. The average Bonchev–Trinajstić information content (AvgIpc) is 2.67. The van der Waals surface area contributed by atoms with Gasteiger partial charge in [0.25, 0.3) is 0 Å². The number of morpholine rings is 1. The molecule has 7 heteroatoms. The van der Waals surface area contributed by atoms with E-state index >= 15 is 0 Å². The third kappa shape index (κ3) is 6.48. The predicted octanol–water partition coefficient (Wildman–Crippen LogP) is 3.64. The van der Waals surface area contributed by atoms with Crippen molar-refractivity contribution in [1.29, 1.82) is 0 Å². The van der Waals surface area contributed by atoms with Gasteiger partial charge in [0, 0.05) is 44.8 Å². The highest BCUT2D eigenvalue weighted by molar-refractivity contribution is 14.0. The zero-order valence-electron chi connectivity index (χ0n) is 16.4. The number of likely N-dealkylation sites (tertiary alicyclic amines) is 1. The molecule has 152 valence electrons. The average molecular weight is 507 g/mol. The van der Waals surface area contributed by atoms with Crippen LogP contribution in [0.1, 0.15) is 31.4 Å². The monoisotopic (exact) mass is 506 g/mol. The molecule has 2 saturated heterocycles. The molecule has 5 nitrogen and oxygen atoms in total. The molecule has 0 radical (unpaired) electrons. The first-order valence-corrected chi connectivity index (χ1v) is 10.1. The van der Waals surface area contributed by atoms with Gasteiger partial charge in [-0.3, -0.25) is 9.89 Å². The Balaban J connectivity index is 0.00000261. The van der Waals surface area contributed by atoms with Gasteiger partial charge in [-0.25, -0.2) is 0 Å². The third-order valence-corrected chi connectivity index (χ3v) is 5.62. The number of nitrogens with one attached hydrogen (secondary N) is 1. The van der Waals surface area contributed by atoms with Crippen molar-refractivity contribution in [2.75, 3.05) is 53.0 Å². The van der Waals surface area contributed by atoms with Gasteiger partial charge < -0.3 is 15.0 Å². The number of benzene rings is 1. The molecule has 27 heavy (non-hydrogen) atoms. The normalized spacial score (nSPS) is 22.9. The first-order chi connectivity index (χ1) is 12.7. The van der Waals surface area contributed by atoms with Crippen LogP contribution < -0.4 is 5.32 Å². The van der Waals surface area contributed by atoms with Crippen LogP contribution in [-0.4, -0.2) is 68.7 Å². The minimum Gasteiger partial charge on any atom is -0.379 e. The number of halogens is 2. The van der Waals surface area contributed by atoms with Gasteiger partial charge in [0.1, 0.15) is 0 Å². The van der Waals surface area contributed by atoms with Crippen molar-refractivity contribution < 1.29 is 4.74 Å². The van der Waals surface area contributed by atoms with Gasteiger partial charge in [-0.15, -0.1) is 24.0 Å². The summed E-state index contributed by atoms with van der Waals surface area (Å²) in [5, 5.41) is 4.41. The molecule has 0 bridgehead atoms. The quantitative estimate of drug-likeness (QED) is 0.385. The summed E-state index contributed by atoms with van der Waals surface area (Å²) in [6.07, 6.45) is 2.56. The molecule has 0 spiro atoms. The number of hydrogen-bond acceptors (Lipinski definition) is 3. The van der Waals surface area contributed by atoms with Crippen LogP contribution >= 0.6 is 35.6 Å². The smallest absolute Gasteiger partial charge is 0.193 e. The van der Waals surface area contributed by atoms with Crippen LogP contribution in [0.25, 0.3) is 0 Å². The highest BCUT2D eigenvalue weighted by Gasteiger charge is 2.25. The molecule has 2 fully saturated rings. The topological polar surface area (TPSA) is 40.1 Å². The van der Waals surface area contributed by atoms with Crippen molar-refractivity contribution in [2.24, 2.45) is 10.9 Å².